The highest BCUT2D eigenvalue weighted by molar-refractivity contribution is 6.31. The van der Waals surface area contributed by atoms with E-state index in [2.05, 4.69) is 5.32 Å². The van der Waals surface area contributed by atoms with E-state index in [-0.39, 0.29) is 11.4 Å². The number of carbonyl (C=O) groups is 1. The quantitative estimate of drug-likeness (QED) is 0.690. The number of nitrogens with one attached hydrogen (secondary N) is 1. The van der Waals surface area contributed by atoms with Crippen LogP contribution >= 0.6 is 11.6 Å². The Labute approximate surface area is 73.9 Å². The molecule has 63 valence electrons. The molecule has 0 saturated heterocycles. The van der Waals surface area contributed by atoms with Gasteiger partial charge in [0.15, 0.2) is 0 Å². The molecule has 1 rings (SSSR count). The molecule has 0 spiro atoms. The lowest BCUT2D eigenvalue weighted by Gasteiger charge is -2.01. The zero-order chi connectivity index (χ0) is 9.14. The van der Waals surface area contributed by atoms with Crippen LogP contribution in [0.3, 0.4) is 0 Å². The number of halogens is 1. The molecule has 4 nitrogen and oxygen atoms in total. The van der Waals surface area contributed by atoms with Crippen LogP contribution < -0.4 is 11.1 Å². The van der Waals surface area contributed by atoms with Gasteiger partial charge in [-0.05, 0) is 18.2 Å². The highest BCUT2D eigenvalue weighted by Gasteiger charge is 2.04. The van der Waals surface area contributed by atoms with Crippen molar-refractivity contribution in [1.82, 2.24) is 0 Å². The highest BCUT2D eigenvalue weighted by atomic mass is 35.5. The molecule has 0 saturated carbocycles. The Hall–Kier alpha value is -1.42. The summed E-state index contributed by atoms with van der Waals surface area (Å²) in [7, 11) is 0. The van der Waals surface area contributed by atoms with Crippen LogP contribution in [0.4, 0.5) is 10.5 Å². The van der Waals surface area contributed by atoms with Gasteiger partial charge in [0.2, 0.25) is 5.75 Å². The summed E-state index contributed by atoms with van der Waals surface area (Å²) in [5.41, 5.74) is 4.90. The fraction of sp³-hybridized carbons (Fsp3) is 0. The Morgan fingerprint density at radius 2 is 2.17 bits per heavy atom. The van der Waals surface area contributed by atoms with E-state index in [4.69, 9.17) is 17.3 Å². The number of anilines is 1. The number of carbonyl (C=O) groups excluding carboxylic acids is 1. The van der Waals surface area contributed by atoms with Gasteiger partial charge >= 0.3 is 6.03 Å². The van der Waals surface area contributed by atoms with Crippen molar-refractivity contribution >= 4 is 23.3 Å². The van der Waals surface area contributed by atoms with E-state index in [1.54, 1.807) is 0 Å². The number of hydrogen-bond acceptors (Lipinski definition) is 1. The molecular formula is C7H6ClN2O2. The maximum atomic E-state index is 11.0. The van der Waals surface area contributed by atoms with Crippen LogP contribution in [-0.4, -0.2) is 6.03 Å². The minimum Gasteiger partial charge on any atom is -0.351 e. The van der Waals surface area contributed by atoms with Crippen LogP contribution in [0.1, 0.15) is 0 Å². The topological polar surface area (TPSA) is 75.0 Å². The van der Waals surface area contributed by atoms with Gasteiger partial charge in [-0.2, -0.15) is 0 Å². The Bertz CT molecular complexity index is 314. The molecule has 1 aromatic rings. The molecule has 0 atom stereocenters. The van der Waals surface area contributed by atoms with E-state index in [1.165, 1.54) is 18.2 Å². The van der Waals surface area contributed by atoms with Gasteiger partial charge in [0.1, 0.15) is 0 Å². The molecule has 2 amide bonds. The van der Waals surface area contributed by atoms with Crippen LogP contribution in [0.25, 0.3) is 0 Å². The molecule has 0 bridgehead atoms. The smallest absolute Gasteiger partial charge is 0.316 e. The zero-order valence-corrected chi connectivity index (χ0v) is 6.76. The summed E-state index contributed by atoms with van der Waals surface area (Å²) in [6.45, 7) is 0. The van der Waals surface area contributed by atoms with Crippen molar-refractivity contribution in [3.05, 3.63) is 23.2 Å². The van der Waals surface area contributed by atoms with Crippen molar-refractivity contribution in [2.75, 3.05) is 5.32 Å². The van der Waals surface area contributed by atoms with Gasteiger partial charge in [-0.3, -0.25) is 5.11 Å². The van der Waals surface area contributed by atoms with Crippen molar-refractivity contribution in [3.8, 4) is 5.75 Å². The summed E-state index contributed by atoms with van der Waals surface area (Å²) in [4.78, 5) is 10.4. The number of urea groups is 1. The van der Waals surface area contributed by atoms with Crippen LogP contribution in [0.15, 0.2) is 18.2 Å². The summed E-state index contributed by atoms with van der Waals surface area (Å²) in [6, 6.07) is 3.26. The maximum absolute atomic E-state index is 11.0. The Morgan fingerprint density at radius 3 is 2.75 bits per heavy atom. The summed E-state index contributed by atoms with van der Waals surface area (Å²) in [5.74, 6) is -0.321. The average molecular weight is 186 g/mol. The first-order valence-electron chi connectivity index (χ1n) is 3.12. The summed E-state index contributed by atoms with van der Waals surface area (Å²) in [5, 5.41) is 13.5. The maximum Gasteiger partial charge on any atom is 0.316 e. The van der Waals surface area contributed by atoms with Gasteiger partial charge in [-0.1, -0.05) is 11.6 Å². The van der Waals surface area contributed by atoms with Crippen LogP contribution in [-0.2, 0) is 5.11 Å². The van der Waals surface area contributed by atoms with Gasteiger partial charge in [-0.15, -0.1) is 0 Å². The summed E-state index contributed by atoms with van der Waals surface area (Å²) in [6.07, 6.45) is 0. The van der Waals surface area contributed by atoms with Gasteiger partial charge in [0.25, 0.3) is 0 Å². The molecule has 0 aromatic heterocycles. The third kappa shape index (κ3) is 2.03. The summed E-state index contributed by atoms with van der Waals surface area (Å²) >= 11 is 5.57. The lowest BCUT2D eigenvalue weighted by Crippen LogP contribution is -2.19. The largest absolute Gasteiger partial charge is 0.351 e. The van der Waals surface area contributed by atoms with Gasteiger partial charge in [0, 0.05) is 5.02 Å². The number of hydrogen-bond donors (Lipinski definition) is 2. The zero-order valence-electron chi connectivity index (χ0n) is 6.00. The van der Waals surface area contributed by atoms with Gasteiger partial charge in [0.05, 0.1) is 5.69 Å². The predicted molar refractivity (Wildman–Crippen MR) is 44.8 cm³/mol. The van der Waals surface area contributed by atoms with E-state index in [0.29, 0.717) is 5.02 Å². The third-order valence-electron chi connectivity index (χ3n) is 1.20. The second kappa shape index (κ2) is 3.32. The Morgan fingerprint density at radius 1 is 1.50 bits per heavy atom. The molecule has 0 heterocycles. The molecule has 0 fully saturated rings. The summed E-state index contributed by atoms with van der Waals surface area (Å²) < 4.78 is 0. The number of benzene rings is 1. The molecule has 1 aromatic carbocycles. The number of rotatable bonds is 1. The molecular weight excluding hydrogens is 180 g/mol. The Balaban J connectivity index is 2.97. The van der Waals surface area contributed by atoms with Crippen molar-refractivity contribution in [3.63, 3.8) is 0 Å². The highest BCUT2D eigenvalue weighted by Crippen LogP contribution is 2.26. The minimum absolute atomic E-state index is 0.0926. The first-order valence-corrected chi connectivity index (χ1v) is 3.50. The van der Waals surface area contributed by atoms with Gasteiger partial charge in [-0.25, -0.2) is 4.79 Å². The lowest BCUT2D eigenvalue weighted by atomic mass is 10.3. The number of primary amides is 1. The second-order valence-electron chi connectivity index (χ2n) is 2.13. The first-order chi connectivity index (χ1) is 5.59. The number of amides is 2. The molecule has 3 N–H and O–H groups in total. The third-order valence-corrected chi connectivity index (χ3v) is 1.43. The number of nitrogens with two attached hydrogens (primary N) is 1. The molecule has 0 unspecified atom stereocenters. The SMILES string of the molecule is NC(=O)Nc1cc(Cl)ccc1[O]. The van der Waals surface area contributed by atoms with Gasteiger partial charge < -0.3 is 11.1 Å². The second-order valence-corrected chi connectivity index (χ2v) is 2.57. The normalized spacial score (nSPS) is 9.42. The monoisotopic (exact) mass is 185 g/mol. The first kappa shape index (κ1) is 8.67. The fourth-order valence-corrected chi connectivity index (χ4v) is 0.905. The van der Waals surface area contributed by atoms with E-state index in [0.717, 1.165) is 0 Å². The lowest BCUT2D eigenvalue weighted by molar-refractivity contribution is 0.259. The van der Waals surface area contributed by atoms with Crippen LogP contribution in [0, 0.1) is 0 Å². The van der Waals surface area contributed by atoms with E-state index in [1.807, 2.05) is 0 Å². The van der Waals surface area contributed by atoms with Crippen molar-refractivity contribution < 1.29 is 9.90 Å². The standard InChI is InChI=1S/C7H6ClN2O2/c8-4-1-2-6(11)5(3-4)10-7(9)12/h1-3H,(H3,9,10,12). The van der Waals surface area contributed by atoms with E-state index in [9.17, 15) is 9.90 Å². The Kier molecular flexibility index (Phi) is 2.40. The van der Waals surface area contributed by atoms with Crippen molar-refractivity contribution in [2.24, 2.45) is 5.73 Å². The van der Waals surface area contributed by atoms with Crippen LogP contribution in [0.2, 0.25) is 5.02 Å². The molecule has 1 radical (unpaired) electrons. The minimum atomic E-state index is -0.783. The molecule has 0 aliphatic carbocycles. The predicted octanol–water partition coefficient (Wildman–Crippen LogP) is 1.97. The average Bonchev–Trinajstić information content (AvgIpc) is 1.96. The molecule has 12 heavy (non-hydrogen) atoms. The van der Waals surface area contributed by atoms with Crippen molar-refractivity contribution in [2.45, 2.75) is 0 Å². The van der Waals surface area contributed by atoms with Crippen molar-refractivity contribution in [1.29, 1.82) is 0 Å². The van der Waals surface area contributed by atoms with E-state index >= 15 is 0 Å². The molecule has 0 aliphatic rings. The van der Waals surface area contributed by atoms with E-state index < -0.39 is 6.03 Å². The fourth-order valence-electron chi connectivity index (χ4n) is 0.733. The van der Waals surface area contributed by atoms with Crippen LogP contribution in [0.5, 0.6) is 5.75 Å². The molecule has 5 heteroatoms. The molecule has 0 aliphatic heterocycles.